The van der Waals surface area contributed by atoms with Gasteiger partial charge >= 0.3 is 5.97 Å². The van der Waals surface area contributed by atoms with Gasteiger partial charge in [0, 0.05) is 19.8 Å². The number of nitrogens with zero attached hydrogens (tertiary/aromatic N) is 2. The van der Waals surface area contributed by atoms with Crippen molar-refractivity contribution >= 4 is 23.3 Å². The molecule has 182 valence electrons. The first-order valence-corrected chi connectivity index (χ1v) is 11.7. The number of ether oxygens (including phenoxy) is 1. The fourth-order valence-corrected chi connectivity index (χ4v) is 4.26. The first-order chi connectivity index (χ1) is 16.9. The standard InChI is InChI=1S/C28H31N3O4/c1-30(2)22-14-12-20(13-15-22)18-31-25-10-6-7-11-26(25)35-19-24(27(31)32)29-17-16-23(28(33)34)21-8-4-3-5-9-21/h3-15,23-24,29H,16-19H2,1-2H3,(H,33,34)/t23-,24-/m0/s1. The van der Waals surface area contributed by atoms with Crippen LogP contribution >= 0.6 is 0 Å². The summed E-state index contributed by atoms with van der Waals surface area (Å²) in [6.45, 7) is 0.954. The van der Waals surface area contributed by atoms with E-state index in [0.29, 0.717) is 25.3 Å². The fraction of sp³-hybridized carbons (Fsp3) is 0.286. The smallest absolute Gasteiger partial charge is 0.311 e. The van der Waals surface area contributed by atoms with Crippen molar-refractivity contribution in [1.29, 1.82) is 0 Å². The predicted molar refractivity (Wildman–Crippen MR) is 137 cm³/mol. The monoisotopic (exact) mass is 473 g/mol. The summed E-state index contributed by atoms with van der Waals surface area (Å²) in [5, 5.41) is 13.0. The van der Waals surface area contributed by atoms with Gasteiger partial charge in [-0.15, -0.1) is 0 Å². The van der Waals surface area contributed by atoms with Crippen LogP contribution in [0.25, 0.3) is 0 Å². The number of amides is 1. The van der Waals surface area contributed by atoms with Crippen molar-refractivity contribution in [3.05, 3.63) is 90.0 Å². The average molecular weight is 474 g/mol. The van der Waals surface area contributed by atoms with E-state index in [9.17, 15) is 14.7 Å². The molecule has 1 aliphatic rings. The van der Waals surface area contributed by atoms with Crippen LogP contribution in [0, 0.1) is 0 Å². The number of nitrogens with one attached hydrogen (secondary N) is 1. The fourth-order valence-electron chi connectivity index (χ4n) is 4.26. The van der Waals surface area contributed by atoms with Crippen molar-refractivity contribution in [2.75, 3.05) is 37.0 Å². The number of aliphatic carboxylic acids is 1. The van der Waals surface area contributed by atoms with Crippen molar-refractivity contribution in [3.8, 4) is 5.75 Å². The van der Waals surface area contributed by atoms with E-state index in [1.54, 1.807) is 4.90 Å². The van der Waals surface area contributed by atoms with E-state index in [-0.39, 0.29) is 12.5 Å². The molecular formula is C28H31N3O4. The molecule has 35 heavy (non-hydrogen) atoms. The maximum Gasteiger partial charge on any atom is 0.311 e. The Kier molecular flexibility index (Phi) is 7.67. The molecule has 0 saturated carbocycles. The highest BCUT2D eigenvalue weighted by molar-refractivity contribution is 5.99. The van der Waals surface area contributed by atoms with Gasteiger partial charge in [0.1, 0.15) is 18.4 Å². The van der Waals surface area contributed by atoms with E-state index in [2.05, 4.69) is 5.32 Å². The van der Waals surface area contributed by atoms with Gasteiger partial charge in [-0.05, 0) is 48.4 Å². The number of benzene rings is 3. The molecule has 0 aliphatic carbocycles. The summed E-state index contributed by atoms with van der Waals surface area (Å²) in [5.74, 6) is -0.966. The topological polar surface area (TPSA) is 82.1 Å². The Hall–Kier alpha value is -3.84. The second-order valence-corrected chi connectivity index (χ2v) is 8.86. The van der Waals surface area contributed by atoms with E-state index in [0.717, 1.165) is 22.5 Å². The molecular weight excluding hydrogens is 442 g/mol. The molecule has 3 aromatic rings. The zero-order chi connectivity index (χ0) is 24.8. The summed E-state index contributed by atoms with van der Waals surface area (Å²) in [7, 11) is 3.98. The lowest BCUT2D eigenvalue weighted by Crippen LogP contribution is -2.48. The van der Waals surface area contributed by atoms with Gasteiger partial charge in [0.25, 0.3) is 0 Å². The van der Waals surface area contributed by atoms with Crippen LogP contribution in [0.15, 0.2) is 78.9 Å². The van der Waals surface area contributed by atoms with E-state index >= 15 is 0 Å². The number of carboxylic acid groups (broad SMARTS) is 1. The van der Waals surface area contributed by atoms with Crippen molar-refractivity contribution in [2.24, 2.45) is 0 Å². The molecule has 1 aliphatic heterocycles. The van der Waals surface area contributed by atoms with Gasteiger partial charge in [-0.3, -0.25) is 9.59 Å². The summed E-state index contributed by atoms with van der Waals surface area (Å²) in [5.41, 5.74) is 3.58. The van der Waals surface area contributed by atoms with Crippen LogP contribution in [-0.2, 0) is 16.1 Å². The molecule has 0 bridgehead atoms. The third-order valence-electron chi connectivity index (χ3n) is 6.24. The minimum Gasteiger partial charge on any atom is -0.489 e. The second-order valence-electron chi connectivity index (χ2n) is 8.86. The molecule has 0 saturated heterocycles. The van der Waals surface area contributed by atoms with E-state index < -0.39 is 17.9 Å². The molecule has 1 amide bonds. The van der Waals surface area contributed by atoms with Gasteiger partial charge in [0.05, 0.1) is 18.2 Å². The first-order valence-electron chi connectivity index (χ1n) is 11.7. The molecule has 0 unspecified atom stereocenters. The molecule has 7 heteroatoms. The SMILES string of the molecule is CN(C)c1ccc(CN2C(=O)[C@@H](NCC[C@H](C(=O)O)c3ccccc3)COc3ccccc32)cc1. The minimum absolute atomic E-state index is 0.0989. The third kappa shape index (κ3) is 5.81. The van der Waals surface area contributed by atoms with Crippen LogP contribution in [0.2, 0.25) is 0 Å². The second kappa shape index (κ2) is 11.1. The highest BCUT2D eigenvalue weighted by Gasteiger charge is 2.31. The van der Waals surface area contributed by atoms with Crippen molar-refractivity contribution in [2.45, 2.75) is 24.9 Å². The maximum absolute atomic E-state index is 13.6. The van der Waals surface area contributed by atoms with Gasteiger partial charge in [-0.2, -0.15) is 0 Å². The number of anilines is 2. The van der Waals surface area contributed by atoms with Gasteiger partial charge < -0.3 is 25.0 Å². The van der Waals surface area contributed by atoms with E-state index in [4.69, 9.17) is 4.74 Å². The molecule has 3 aromatic carbocycles. The van der Waals surface area contributed by atoms with Crippen molar-refractivity contribution < 1.29 is 19.4 Å². The molecule has 0 radical (unpaired) electrons. The van der Waals surface area contributed by atoms with E-state index in [1.807, 2.05) is 97.9 Å². The van der Waals surface area contributed by atoms with Crippen LogP contribution in [0.3, 0.4) is 0 Å². The minimum atomic E-state index is -0.878. The van der Waals surface area contributed by atoms with Crippen LogP contribution in [0.5, 0.6) is 5.75 Å². The molecule has 0 spiro atoms. The number of para-hydroxylation sites is 2. The van der Waals surface area contributed by atoms with Gasteiger partial charge in [0.2, 0.25) is 5.91 Å². The Morgan fingerprint density at radius 1 is 1.06 bits per heavy atom. The largest absolute Gasteiger partial charge is 0.489 e. The molecule has 2 N–H and O–H groups in total. The number of carbonyl (C=O) groups excluding carboxylic acids is 1. The lowest BCUT2D eigenvalue weighted by atomic mass is 9.96. The lowest BCUT2D eigenvalue weighted by Gasteiger charge is -2.25. The third-order valence-corrected chi connectivity index (χ3v) is 6.24. The number of carbonyl (C=O) groups is 2. The number of hydrogen-bond donors (Lipinski definition) is 2. The molecule has 4 rings (SSSR count). The maximum atomic E-state index is 13.6. The van der Waals surface area contributed by atoms with Crippen LogP contribution in [0.1, 0.15) is 23.5 Å². The first kappa shape index (κ1) is 24.3. The Labute approximate surface area is 205 Å². The summed E-state index contributed by atoms with van der Waals surface area (Å²) in [6, 6.07) is 24.2. The molecule has 7 nitrogen and oxygen atoms in total. The number of hydrogen-bond acceptors (Lipinski definition) is 5. The van der Waals surface area contributed by atoms with Gasteiger partial charge in [0.15, 0.2) is 0 Å². The summed E-state index contributed by atoms with van der Waals surface area (Å²) in [4.78, 5) is 29.2. The Morgan fingerprint density at radius 2 is 1.74 bits per heavy atom. The zero-order valence-corrected chi connectivity index (χ0v) is 20.1. The van der Waals surface area contributed by atoms with Crippen LogP contribution in [0.4, 0.5) is 11.4 Å². The summed E-state index contributed by atoms with van der Waals surface area (Å²) < 4.78 is 5.99. The average Bonchev–Trinajstić information content (AvgIpc) is 2.99. The van der Waals surface area contributed by atoms with Crippen LogP contribution in [-0.4, -0.2) is 50.3 Å². The van der Waals surface area contributed by atoms with Crippen LogP contribution < -0.4 is 19.9 Å². The van der Waals surface area contributed by atoms with Gasteiger partial charge in [-0.25, -0.2) is 0 Å². The Balaban J connectivity index is 1.49. The number of rotatable bonds is 9. The quantitative estimate of drug-likeness (QED) is 0.491. The van der Waals surface area contributed by atoms with Crippen molar-refractivity contribution in [3.63, 3.8) is 0 Å². The lowest BCUT2D eigenvalue weighted by molar-refractivity contribution is -0.138. The van der Waals surface area contributed by atoms with Gasteiger partial charge in [-0.1, -0.05) is 54.6 Å². The highest BCUT2D eigenvalue weighted by atomic mass is 16.5. The predicted octanol–water partition coefficient (Wildman–Crippen LogP) is 3.89. The molecule has 1 heterocycles. The summed E-state index contributed by atoms with van der Waals surface area (Å²) in [6.07, 6.45) is 0.363. The molecule has 0 fully saturated rings. The normalized spacial score (nSPS) is 16.1. The number of carboxylic acids is 1. The van der Waals surface area contributed by atoms with Crippen molar-refractivity contribution in [1.82, 2.24) is 5.32 Å². The Bertz CT molecular complexity index is 1150. The highest BCUT2D eigenvalue weighted by Crippen LogP contribution is 2.32. The molecule has 2 atom stereocenters. The molecule has 0 aromatic heterocycles. The number of fused-ring (bicyclic) bond motifs is 1. The Morgan fingerprint density at radius 3 is 2.43 bits per heavy atom. The van der Waals surface area contributed by atoms with E-state index in [1.165, 1.54) is 0 Å². The summed E-state index contributed by atoms with van der Waals surface area (Å²) >= 11 is 0. The zero-order valence-electron chi connectivity index (χ0n) is 20.1.